The predicted octanol–water partition coefficient (Wildman–Crippen LogP) is 0.276. The molecule has 0 aromatic rings. The van der Waals surface area contributed by atoms with Crippen LogP contribution in [0.25, 0.3) is 0 Å². The van der Waals surface area contributed by atoms with Crippen molar-refractivity contribution in [3.05, 3.63) is 0 Å². The first-order valence-corrected chi connectivity index (χ1v) is 4.23. The molecule has 0 saturated carbocycles. The predicted molar refractivity (Wildman–Crippen MR) is 43.6 cm³/mol. The van der Waals surface area contributed by atoms with Crippen LogP contribution in [-0.4, -0.2) is 32.5 Å². The Morgan fingerprint density at radius 1 is 1.67 bits per heavy atom. The van der Waals surface area contributed by atoms with E-state index in [0.29, 0.717) is 0 Å². The second kappa shape index (κ2) is 5.11. The van der Waals surface area contributed by atoms with Crippen molar-refractivity contribution in [3.8, 4) is 0 Å². The highest BCUT2D eigenvalue weighted by atomic mass is 16.5. The molecule has 70 valence electrons. The lowest BCUT2D eigenvalue weighted by molar-refractivity contribution is -0.130. The average Bonchev–Trinajstić information content (AvgIpc) is 2.06. The molecule has 1 aliphatic heterocycles. The normalized spacial score (nSPS) is 23.6. The highest BCUT2D eigenvalue weighted by Crippen LogP contribution is 2.09. The van der Waals surface area contributed by atoms with Crippen LogP contribution in [0.3, 0.4) is 0 Å². The number of hydrogen-bond donors (Lipinski definition) is 1. The maximum absolute atomic E-state index is 11.0. The molecule has 1 N–H and O–H groups in total. The van der Waals surface area contributed by atoms with E-state index in [1.165, 1.54) is 7.11 Å². The summed E-state index contributed by atoms with van der Waals surface area (Å²) >= 11 is 0. The number of amides is 1. The molecule has 0 spiro atoms. The lowest BCUT2D eigenvalue weighted by atomic mass is 10.2. The Labute approximate surface area is 72.2 Å². The first-order valence-electron chi connectivity index (χ1n) is 4.23. The van der Waals surface area contributed by atoms with Crippen molar-refractivity contribution in [1.82, 2.24) is 5.32 Å². The molecule has 0 aromatic carbocycles. The third-order valence-electron chi connectivity index (χ3n) is 1.78. The molecular formula is C8H15NO3. The Kier molecular flexibility index (Phi) is 4.04. The minimum atomic E-state index is -0.107. The lowest BCUT2D eigenvalue weighted by Gasteiger charge is -2.23. The highest BCUT2D eigenvalue weighted by Gasteiger charge is 2.15. The topological polar surface area (TPSA) is 47.6 Å². The molecule has 0 aromatic heterocycles. The molecule has 1 saturated heterocycles. The summed E-state index contributed by atoms with van der Waals surface area (Å²) in [5.74, 6) is -0.107. The van der Waals surface area contributed by atoms with Crippen LogP contribution in [0.1, 0.15) is 19.3 Å². The van der Waals surface area contributed by atoms with E-state index in [4.69, 9.17) is 4.74 Å². The zero-order chi connectivity index (χ0) is 8.81. The van der Waals surface area contributed by atoms with Crippen molar-refractivity contribution in [2.45, 2.75) is 25.5 Å². The summed E-state index contributed by atoms with van der Waals surface area (Å²) in [6.07, 6.45) is 3.03. The summed E-state index contributed by atoms with van der Waals surface area (Å²) in [5.41, 5.74) is 0. The summed E-state index contributed by atoms with van der Waals surface area (Å²) in [7, 11) is 1.50. The van der Waals surface area contributed by atoms with E-state index in [9.17, 15) is 4.79 Å². The van der Waals surface area contributed by atoms with E-state index in [1.54, 1.807) is 0 Å². The van der Waals surface area contributed by atoms with E-state index in [0.717, 1.165) is 25.9 Å². The average molecular weight is 173 g/mol. The van der Waals surface area contributed by atoms with E-state index in [-0.39, 0.29) is 18.7 Å². The van der Waals surface area contributed by atoms with Crippen LogP contribution >= 0.6 is 0 Å². The number of nitrogens with one attached hydrogen (secondary N) is 1. The lowest BCUT2D eigenvalue weighted by Crippen LogP contribution is -2.40. The number of hydrogen-bond acceptors (Lipinski definition) is 3. The number of ether oxygens (including phenoxy) is 2. The van der Waals surface area contributed by atoms with Crippen LogP contribution in [0, 0.1) is 0 Å². The SMILES string of the molecule is COCC(=O)NC1CCCCO1. The maximum Gasteiger partial charge on any atom is 0.247 e. The monoisotopic (exact) mass is 173 g/mol. The molecule has 1 atom stereocenters. The van der Waals surface area contributed by atoms with Gasteiger partial charge in [0, 0.05) is 13.7 Å². The molecule has 1 fully saturated rings. The summed E-state index contributed by atoms with van der Waals surface area (Å²) in [6.45, 7) is 0.859. The van der Waals surface area contributed by atoms with Gasteiger partial charge in [0.05, 0.1) is 0 Å². The van der Waals surface area contributed by atoms with Gasteiger partial charge >= 0.3 is 0 Å². The van der Waals surface area contributed by atoms with Gasteiger partial charge in [-0.15, -0.1) is 0 Å². The molecule has 0 bridgehead atoms. The van der Waals surface area contributed by atoms with Gasteiger partial charge in [-0.05, 0) is 19.3 Å². The first kappa shape index (κ1) is 9.48. The van der Waals surface area contributed by atoms with Crippen molar-refractivity contribution in [1.29, 1.82) is 0 Å². The smallest absolute Gasteiger partial charge is 0.247 e. The third kappa shape index (κ3) is 3.19. The molecule has 1 amide bonds. The highest BCUT2D eigenvalue weighted by molar-refractivity contribution is 5.77. The van der Waals surface area contributed by atoms with Crippen LogP contribution < -0.4 is 5.32 Å². The van der Waals surface area contributed by atoms with E-state index in [2.05, 4.69) is 10.1 Å². The van der Waals surface area contributed by atoms with Gasteiger partial charge in [0.25, 0.3) is 0 Å². The molecule has 12 heavy (non-hydrogen) atoms. The number of methoxy groups -OCH3 is 1. The second-order valence-corrected chi connectivity index (χ2v) is 2.86. The zero-order valence-corrected chi connectivity index (χ0v) is 7.34. The number of rotatable bonds is 3. The molecule has 0 aliphatic carbocycles. The van der Waals surface area contributed by atoms with Gasteiger partial charge in [-0.2, -0.15) is 0 Å². The van der Waals surface area contributed by atoms with Crippen molar-refractivity contribution < 1.29 is 14.3 Å². The number of carbonyl (C=O) groups excluding carboxylic acids is 1. The fraction of sp³-hybridized carbons (Fsp3) is 0.875. The van der Waals surface area contributed by atoms with Crippen LogP contribution in [0.5, 0.6) is 0 Å². The molecule has 1 heterocycles. The summed E-state index contributed by atoms with van der Waals surface area (Å²) < 4.78 is 9.98. The van der Waals surface area contributed by atoms with Gasteiger partial charge in [-0.1, -0.05) is 0 Å². The van der Waals surface area contributed by atoms with E-state index in [1.807, 2.05) is 0 Å². The Balaban J connectivity index is 2.15. The maximum atomic E-state index is 11.0. The molecule has 1 unspecified atom stereocenters. The van der Waals surface area contributed by atoms with Crippen LogP contribution in [-0.2, 0) is 14.3 Å². The van der Waals surface area contributed by atoms with Gasteiger partial charge in [-0.3, -0.25) is 4.79 Å². The third-order valence-corrected chi connectivity index (χ3v) is 1.78. The molecule has 1 aliphatic rings. The van der Waals surface area contributed by atoms with Gasteiger partial charge in [-0.25, -0.2) is 0 Å². The van der Waals surface area contributed by atoms with Crippen molar-refractivity contribution in [3.63, 3.8) is 0 Å². The first-order chi connectivity index (χ1) is 5.83. The van der Waals surface area contributed by atoms with Gasteiger partial charge in [0.2, 0.25) is 5.91 Å². The van der Waals surface area contributed by atoms with Gasteiger partial charge < -0.3 is 14.8 Å². The van der Waals surface area contributed by atoms with Crippen molar-refractivity contribution >= 4 is 5.91 Å². The fourth-order valence-electron chi connectivity index (χ4n) is 1.21. The largest absolute Gasteiger partial charge is 0.375 e. The minimum Gasteiger partial charge on any atom is -0.375 e. The van der Waals surface area contributed by atoms with Crippen LogP contribution in [0.15, 0.2) is 0 Å². The standard InChI is InChI=1S/C8H15NO3/c1-11-6-7(10)9-8-4-2-3-5-12-8/h8H,2-6H2,1H3,(H,9,10). The quantitative estimate of drug-likeness (QED) is 0.666. The van der Waals surface area contributed by atoms with E-state index < -0.39 is 0 Å². The molecular weight excluding hydrogens is 158 g/mol. The summed E-state index contributed by atoms with van der Waals surface area (Å²) in [4.78, 5) is 11.0. The fourth-order valence-corrected chi connectivity index (χ4v) is 1.21. The van der Waals surface area contributed by atoms with Crippen LogP contribution in [0.4, 0.5) is 0 Å². The van der Waals surface area contributed by atoms with Gasteiger partial charge in [0.15, 0.2) is 0 Å². The zero-order valence-electron chi connectivity index (χ0n) is 7.34. The Morgan fingerprint density at radius 3 is 3.08 bits per heavy atom. The van der Waals surface area contributed by atoms with Crippen LogP contribution in [0.2, 0.25) is 0 Å². The summed E-state index contributed by atoms with van der Waals surface area (Å²) in [6, 6.07) is 0. The molecule has 0 radical (unpaired) electrons. The van der Waals surface area contributed by atoms with Crippen molar-refractivity contribution in [2.75, 3.05) is 20.3 Å². The number of carbonyl (C=O) groups is 1. The minimum absolute atomic E-state index is 0.0959. The Morgan fingerprint density at radius 2 is 2.50 bits per heavy atom. The van der Waals surface area contributed by atoms with E-state index >= 15 is 0 Å². The molecule has 4 nitrogen and oxygen atoms in total. The molecule has 1 rings (SSSR count). The second-order valence-electron chi connectivity index (χ2n) is 2.86. The molecule has 4 heteroatoms. The van der Waals surface area contributed by atoms with Gasteiger partial charge in [0.1, 0.15) is 12.8 Å². The van der Waals surface area contributed by atoms with Crippen molar-refractivity contribution in [2.24, 2.45) is 0 Å². The summed E-state index contributed by atoms with van der Waals surface area (Å²) in [5, 5.41) is 2.73. The Bertz CT molecular complexity index is 143. The Hall–Kier alpha value is -0.610.